The molecule has 0 saturated heterocycles. The normalized spacial score (nSPS) is 15.3. The molecular weight excluding hydrogens is 520 g/mol. The van der Waals surface area contributed by atoms with Gasteiger partial charge in [-0.15, -0.1) is 0 Å². The van der Waals surface area contributed by atoms with Crippen LogP contribution in [0.5, 0.6) is 0 Å². The third kappa shape index (κ3) is 3.72. The van der Waals surface area contributed by atoms with E-state index in [1.165, 1.54) is 0 Å². The van der Waals surface area contributed by atoms with E-state index < -0.39 is 54.4 Å². The summed E-state index contributed by atoms with van der Waals surface area (Å²) in [6, 6.07) is 23.9. The second kappa shape index (κ2) is 9.44. The molecular formula is C42H26O. The Hall–Kier alpha value is -5.66. The predicted molar refractivity (Wildman–Crippen MR) is 183 cm³/mol. The zero-order valence-corrected chi connectivity index (χ0v) is 22.6. The molecule has 1 heteroatoms. The predicted octanol–water partition coefficient (Wildman–Crippen LogP) is 12.0. The molecule has 1 heterocycles. The zero-order valence-electron chi connectivity index (χ0n) is 33.6. The number of hydrogen-bond donors (Lipinski definition) is 0. The minimum atomic E-state index is -0.654. The molecule has 0 aliphatic rings. The maximum absolute atomic E-state index is 9.82. The Kier molecular flexibility index (Phi) is 3.41. The lowest BCUT2D eigenvalue weighted by Gasteiger charge is -2.18. The molecule has 9 rings (SSSR count). The quantitative estimate of drug-likeness (QED) is 0.197. The van der Waals surface area contributed by atoms with Crippen molar-refractivity contribution in [2.45, 2.75) is 0 Å². The number of benzene rings is 8. The van der Waals surface area contributed by atoms with Crippen LogP contribution in [0.25, 0.3) is 87.6 Å². The molecule has 0 N–H and O–H groups in total. The van der Waals surface area contributed by atoms with Crippen LogP contribution in [0.1, 0.15) is 15.1 Å². The van der Waals surface area contributed by atoms with E-state index in [9.17, 15) is 4.11 Å². The zero-order chi connectivity index (χ0) is 37.9. The van der Waals surface area contributed by atoms with Gasteiger partial charge >= 0.3 is 0 Å². The summed E-state index contributed by atoms with van der Waals surface area (Å²) in [4.78, 5) is 0. The van der Waals surface area contributed by atoms with Gasteiger partial charge in [-0.1, -0.05) is 133 Å². The third-order valence-electron chi connectivity index (χ3n) is 8.04. The van der Waals surface area contributed by atoms with Gasteiger partial charge in [-0.2, -0.15) is 0 Å². The van der Waals surface area contributed by atoms with Crippen molar-refractivity contribution in [3.8, 4) is 33.4 Å². The largest absolute Gasteiger partial charge is 0.456 e. The number of hydrogen-bond acceptors (Lipinski definition) is 1. The highest BCUT2D eigenvalue weighted by molar-refractivity contribution is 6.23. The maximum atomic E-state index is 9.82. The lowest BCUT2D eigenvalue weighted by Crippen LogP contribution is -1.91. The standard InChI is InChI=1S/C42H26O/c1-2-12-28(13-3-1)32-19-10-20-39-42(32)37-26-31(23-24-38(37)43-39)41-35-17-8-6-15-33(35)40(34-16-7-9-18-36(34)41)30-22-21-27-11-4-5-14-29(27)25-30/h1-26H/i1D,2D,3D,10D,12D,13D,19D,20D,23D,24D,26D. The fraction of sp³-hybridized carbons (Fsp3) is 0. The minimum Gasteiger partial charge on any atom is -0.456 e. The molecule has 0 atom stereocenters. The van der Waals surface area contributed by atoms with E-state index in [2.05, 4.69) is 30.3 Å². The lowest BCUT2D eigenvalue weighted by molar-refractivity contribution is 0.669. The van der Waals surface area contributed by atoms with Crippen molar-refractivity contribution < 1.29 is 19.5 Å². The average Bonchev–Trinajstić information content (AvgIpc) is 3.59. The molecule has 1 aromatic heterocycles. The van der Waals surface area contributed by atoms with Gasteiger partial charge in [-0.25, -0.2) is 0 Å². The van der Waals surface area contributed by atoms with Crippen LogP contribution < -0.4 is 0 Å². The Morgan fingerprint density at radius 1 is 0.442 bits per heavy atom. The Balaban J connectivity index is 1.46. The van der Waals surface area contributed by atoms with Gasteiger partial charge in [0.05, 0.1) is 15.1 Å². The molecule has 0 spiro atoms. The maximum Gasteiger partial charge on any atom is 0.136 e. The van der Waals surface area contributed by atoms with Crippen LogP contribution in [0.4, 0.5) is 0 Å². The SMILES string of the molecule is [2H]c1c([2H])c([2H])c(-c2c([2H])c([2H])c([2H])c3oc4c([2H])c([2H])c(-c5c6ccccc6c(-c6ccc7ccccc7c6)c6ccccc56)c([2H])c4c23)c([2H])c1[2H]. The summed E-state index contributed by atoms with van der Waals surface area (Å²) in [7, 11) is 0. The summed E-state index contributed by atoms with van der Waals surface area (Å²) < 4.78 is 103. The van der Waals surface area contributed by atoms with Gasteiger partial charge in [0.15, 0.2) is 0 Å². The van der Waals surface area contributed by atoms with Crippen molar-refractivity contribution in [2.24, 2.45) is 0 Å². The summed E-state index contributed by atoms with van der Waals surface area (Å²) in [5.74, 6) is 0. The fourth-order valence-electron chi connectivity index (χ4n) is 6.19. The summed E-state index contributed by atoms with van der Waals surface area (Å²) in [6.45, 7) is 0. The van der Waals surface area contributed by atoms with Crippen LogP contribution >= 0.6 is 0 Å². The van der Waals surface area contributed by atoms with Gasteiger partial charge in [0.2, 0.25) is 0 Å². The van der Waals surface area contributed by atoms with Crippen LogP contribution in [0.2, 0.25) is 0 Å². The molecule has 8 aromatic carbocycles. The van der Waals surface area contributed by atoms with E-state index in [0.717, 1.165) is 43.4 Å². The van der Waals surface area contributed by atoms with E-state index in [4.69, 9.17) is 15.4 Å². The second-order valence-corrected chi connectivity index (χ2v) is 10.4. The highest BCUT2D eigenvalue weighted by atomic mass is 16.3. The Bertz CT molecular complexity index is 3040. The molecule has 0 fully saturated rings. The molecule has 0 bridgehead atoms. The van der Waals surface area contributed by atoms with Crippen LogP contribution in [-0.4, -0.2) is 0 Å². The molecule has 0 saturated carbocycles. The van der Waals surface area contributed by atoms with Gasteiger partial charge in [-0.3, -0.25) is 0 Å². The highest BCUT2D eigenvalue weighted by Crippen LogP contribution is 2.45. The van der Waals surface area contributed by atoms with E-state index in [0.29, 0.717) is 5.56 Å². The van der Waals surface area contributed by atoms with Crippen molar-refractivity contribution in [2.75, 3.05) is 0 Å². The first-order valence-electron chi connectivity index (χ1n) is 19.4. The molecule has 0 unspecified atom stereocenters. The first-order chi connectivity index (χ1) is 25.9. The van der Waals surface area contributed by atoms with E-state index in [1.807, 2.05) is 60.7 Å². The third-order valence-corrected chi connectivity index (χ3v) is 8.04. The second-order valence-electron chi connectivity index (χ2n) is 10.4. The summed E-state index contributed by atoms with van der Waals surface area (Å²) in [5.41, 5.74) is 1.35. The van der Waals surface area contributed by atoms with E-state index >= 15 is 0 Å². The van der Waals surface area contributed by atoms with Crippen molar-refractivity contribution in [1.82, 2.24) is 0 Å². The fourth-order valence-corrected chi connectivity index (χ4v) is 6.19. The van der Waals surface area contributed by atoms with Gasteiger partial charge < -0.3 is 4.42 Å². The van der Waals surface area contributed by atoms with Gasteiger partial charge in [-0.05, 0) is 89.9 Å². The van der Waals surface area contributed by atoms with E-state index in [-0.39, 0.29) is 50.7 Å². The Morgan fingerprint density at radius 2 is 1.09 bits per heavy atom. The van der Waals surface area contributed by atoms with Crippen molar-refractivity contribution in [3.05, 3.63) is 157 Å². The first kappa shape index (κ1) is 15.5. The average molecular weight is 558 g/mol. The van der Waals surface area contributed by atoms with Gasteiger partial charge in [0, 0.05) is 10.8 Å². The molecule has 0 amide bonds. The summed E-state index contributed by atoms with van der Waals surface area (Å²) >= 11 is 0. The monoisotopic (exact) mass is 557 g/mol. The van der Waals surface area contributed by atoms with Crippen LogP contribution in [0.3, 0.4) is 0 Å². The van der Waals surface area contributed by atoms with Gasteiger partial charge in [0.1, 0.15) is 11.2 Å². The molecule has 0 radical (unpaired) electrons. The number of rotatable bonds is 3. The summed E-state index contributed by atoms with van der Waals surface area (Å²) in [5, 5.41) is 5.14. The molecule has 43 heavy (non-hydrogen) atoms. The van der Waals surface area contributed by atoms with Crippen molar-refractivity contribution >= 4 is 54.3 Å². The highest BCUT2D eigenvalue weighted by Gasteiger charge is 2.19. The molecule has 9 aromatic rings. The smallest absolute Gasteiger partial charge is 0.136 e. The lowest BCUT2D eigenvalue weighted by atomic mass is 9.85. The molecule has 200 valence electrons. The minimum absolute atomic E-state index is 0.0587. The molecule has 1 nitrogen and oxygen atoms in total. The van der Waals surface area contributed by atoms with Crippen molar-refractivity contribution in [1.29, 1.82) is 0 Å². The van der Waals surface area contributed by atoms with Crippen LogP contribution in [0, 0.1) is 0 Å². The van der Waals surface area contributed by atoms with Crippen molar-refractivity contribution in [3.63, 3.8) is 0 Å². The van der Waals surface area contributed by atoms with E-state index in [1.54, 1.807) is 0 Å². The molecule has 0 aliphatic carbocycles. The first-order valence-corrected chi connectivity index (χ1v) is 13.9. The topological polar surface area (TPSA) is 13.1 Å². The number of fused-ring (bicyclic) bond motifs is 6. The Morgan fingerprint density at radius 3 is 1.81 bits per heavy atom. The molecule has 0 aliphatic heterocycles. The Labute approximate surface area is 264 Å². The van der Waals surface area contributed by atoms with Crippen LogP contribution in [-0.2, 0) is 0 Å². The summed E-state index contributed by atoms with van der Waals surface area (Å²) in [6.07, 6.45) is 0. The van der Waals surface area contributed by atoms with Gasteiger partial charge in [0.25, 0.3) is 0 Å². The van der Waals surface area contributed by atoms with Crippen LogP contribution in [0.15, 0.2) is 162 Å². The number of furan rings is 1.